The fraction of sp³-hybridized carbons (Fsp3) is 0.875. The largest absolute Gasteiger partial charge is 1.00 e. The SMILES string of the molecule is CCCCC1=[N+](C)CCN1.[Br-]. The van der Waals surface area contributed by atoms with Crippen LogP contribution < -0.4 is 22.3 Å². The smallest absolute Gasteiger partial charge is 0.244 e. The van der Waals surface area contributed by atoms with Gasteiger partial charge in [0.2, 0.25) is 5.84 Å². The fourth-order valence-corrected chi connectivity index (χ4v) is 1.26. The van der Waals surface area contributed by atoms with Crippen LogP contribution in [-0.4, -0.2) is 30.5 Å². The van der Waals surface area contributed by atoms with E-state index in [1.165, 1.54) is 31.6 Å². The lowest BCUT2D eigenvalue weighted by Gasteiger charge is -1.95. The molecule has 66 valence electrons. The monoisotopic (exact) mass is 220 g/mol. The number of amidine groups is 1. The highest BCUT2D eigenvalue weighted by molar-refractivity contribution is 5.78. The Morgan fingerprint density at radius 3 is 2.73 bits per heavy atom. The van der Waals surface area contributed by atoms with Gasteiger partial charge in [-0.1, -0.05) is 13.3 Å². The molecule has 11 heavy (non-hydrogen) atoms. The molecule has 0 aromatic heterocycles. The molecule has 0 amide bonds. The van der Waals surface area contributed by atoms with Gasteiger partial charge in [0.1, 0.15) is 13.1 Å². The van der Waals surface area contributed by atoms with E-state index in [0.717, 1.165) is 6.54 Å². The number of unbranched alkanes of at least 4 members (excludes halogenated alkanes) is 1. The Morgan fingerprint density at radius 2 is 2.27 bits per heavy atom. The number of hydrogen-bond donors (Lipinski definition) is 1. The number of hydrogen-bond acceptors (Lipinski definition) is 1. The molecule has 0 atom stereocenters. The van der Waals surface area contributed by atoms with Crippen molar-refractivity contribution in [3.8, 4) is 0 Å². The molecular formula is C8H17BrN2. The molecule has 1 N–H and O–H groups in total. The molecule has 0 saturated heterocycles. The van der Waals surface area contributed by atoms with Crippen LogP contribution >= 0.6 is 0 Å². The average molecular weight is 221 g/mol. The van der Waals surface area contributed by atoms with Crippen molar-refractivity contribution in [2.45, 2.75) is 26.2 Å². The van der Waals surface area contributed by atoms with Crippen LogP contribution in [0.25, 0.3) is 0 Å². The van der Waals surface area contributed by atoms with E-state index in [2.05, 4.69) is 23.9 Å². The van der Waals surface area contributed by atoms with Crippen molar-refractivity contribution in [3.05, 3.63) is 0 Å². The maximum absolute atomic E-state index is 3.38. The van der Waals surface area contributed by atoms with Gasteiger partial charge in [0, 0.05) is 6.42 Å². The molecular weight excluding hydrogens is 204 g/mol. The molecule has 1 aliphatic rings. The zero-order valence-electron chi connectivity index (χ0n) is 7.36. The van der Waals surface area contributed by atoms with Gasteiger partial charge in [0.25, 0.3) is 0 Å². The highest BCUT2D eigenvalue weighted by Crippen LogP contribution is 1.97. The van der Waals surface area contributed by atoms with Crippen molar-refractivity contribution in [2.24, 2.45) is 0 Å². The first-order valence-electron chi connectivity index (χ1n) is 4.15. The number of rotatable bonds is 3. The van der Waals surface area contributed by atoms with Gasteiger partial charge in [0.05, 0.1) is 7.05 Å². The third-order valence-corrected chi connectivity index (χ3v) is 2.00. The Bertz CT molecular complexity index is 143. The summed E-state index contributed by atoms with van der Waals surface area (Å²) in [7, 11) is 2.16. The normalized spacial score (nSPS) is 16.2. The maximum Gasteiger partial charge on any atom is 0.244 e. The van der Waals surface area contributed by atoms with Crippen molar-refractivity contribution < 1.29 is 21.6 Å². The van der Waals surface area contributed by atoms with Crippen LogP contribution in [0, 0.1) is 0 Å². The van der Waals surface area contributed by atoms with E-state index in [1.54, 1.807) is 0 Å². The van der Waals surface area contributed by atoms with E-state index in [-0.39, 0.29) is 17.0 Å². The van der Waals surface area contributed by atoms with Crippen LogP contribution in [0.2, 0.25) is 0 Å². The second-order valence-electron chi connectivity index (χ2n) is 2.90. The number of likely N-dealkylation sites (N-methyl/N-ethyl adjacent to an activating group) is 1. The summed E-state index contributed by atoms with van der Waals surface area (Å²) in [6.45, 7) is 4.55. The van der Waals surface area contributed by atoms with Gasteiger partial charge < -0.3 is 17.0 Å². The molecule has 0 aromatic carbocycles. The summed E-state index contributed by atoms with van der Waals surface area (Å²) in [5, 5.41) is 3.38. The van der Waals surface area contributed by atoms with Crippen LogP contribution in [0.15, 0.2) is 0 Å². The summed E-state index contributed by atoms with van der Waals surface area (Å²) in [6, 6.07) is 0. The summed E-state index contributed by atoms with van der Waals surface area (Å²) >= 11 is 0. The Hall–Kier alpha value is -0.0500. The minimum absolute atomic E-state index is 0. The van der Waals surface area contributed by atoms with E-state index in [0.29, 0.717) is 0 Å². The molecule has 0 unspecified atom stereocenters. The van der Waals surface area contributed by atoms with Crippen LogP contribution in [-0.2, 0) is 0 Å². The predicted octanol–water partition coefficient (Wildman–Crippen LogP) is -2.18. The topological polar surface area (TPSA) is 15.0 Å². The van der Waals surface area contributed by atoms with Gasteiger partial charge in [-0.25, -0.2) is 0 Å². The Labute approximate surface area is 79.5 Å². The molecule has 0 saturated carbocycles. The molecule has 1 heterocycles. The summed E-state index contributed by atoms with van der Waals surface area (Å²) < 4.78 is 2.32. The van der Waals surface area contributed by atoms with Crippen molar-refractivity contribution in [3.63, 3.8) is 0 Å². The third kappa shape index (κ3) is 3.23. The highest BCUT2D eigenvalue weighted by atomic mass is 79.9. The Kier molecular flexibility index (Phi) is 5.56. The van der Waals surface area contributed by atoms with E-state index in [4.69, 9.17) is 0 Å². The third-order valence-electron chi connectivity index (χ3n) is 2.00. The van der Waals surface area contributed by atoms with Crippen LogP contribution in [0.1, 0.15) is 26.2 Å². The first-order chi connectivity index (χ1) is 4.84. The van der Waals surface area contributed by atoms with Crippen molar-refractivity contribution in [2.75, 3.05) is 20.1 Å². The zero-order valence-corrected chi connectivity index (χ0v) is 8.95. The summed E-state index contributed by atoms with van der Waals surface area (Å²) in [6.07, 6.45) is 3.83. The lowest BCUT2D eigenvalue weighted by Crippen LogP contribution is -3.00. The molecule has 0 spiro atoms. The highest BCUT2D eigenvalue weighted by Gasteiger charge is 2.15. The van der Waals surface area contributed by atoms with Crippen molar-refractivity contribution in [1.82, 2.24) is 5.32 Å². The second kappa shape index (κ2) is 5.58. The van der Waals surface area contributed by atoms with E-state index in [9.17, 15) is 0 Å². The molecule has 0 aromatic rings. The minimum atomic E-state index is 0. The molecule has 1 rings (SSSR count). The molecule has 0 bridgehead atoms. The predicted molar refractivity (Wildman–Crippen MR) is 43.6 cm³/mol. The zero-order chi connectivity index (χ0) is 7.40. The quantitative estimate of drug-likeness (QED) is 0.536. The first kappa shape index (κ1) is 11.0. The van der Waals surface area contributed by atoms with Gasteiger partial charge in [-0.05, 0) is 6.42 Å². The molecule has 1 aliphatic heterocycles. The van der Waals surface area contributed by atoms with E-state index < -0.39 is 0 Å². The molecule has 0 fully saturated rings. The van der Waals surface area contributed by atoms with Gasteiger partial charge in [-0.15, -0.1) is 0 Å². The Balaban J connectivity index is 0.000001000. The maximum atomic E-state index is 3.38. The Morgan fingerprint density at radius 1 is 1.55 bits per heavy atom. The first-order valence-corrected chi connectivity index (χ1v) is 4.15. The van der Waals surface area contributed by atoms with Crippen molar-refractivity contribution in [1.29, 1.82) is 0 Å². The summed E-state index contributed by atoms with van der Waals surface area (Å²) in [5.41, 5.74) is 0. The molecule has 0 radical (unpaired) electrons. The number of halogens is 1. The molecule has 3 heteroatoms. The van der Waals surface area contributed by atoms with Crippen LogP contribution in [0.4, 0.5) is 0 Å². The van der Waals surface area contributed by atoms with Crippen LogP contribution in [0.5, 0.6) is 0 Å². The van der Waals surface area contributed by atoms with E-state index in [1.807, 2.05) is 0 Å². The lowest BCUT2D eigenvalue weighted by atomic mass is 10.2. The second-order valence-corrected chi connectivity index (χ2v) is 2.90. The van der Waals surface area contributed by atoms with Crippen LogP contribution in [0.3, 0.4) is 0 Å². The summed E-state index contributed by atoms with van der Waals surface area (Å²) in [5.74, 6) is 1.43. The number of nitrogens with zero attached hydrogens (tertiary/aromatic N) is 1. The molecule has 0 aliphatic carbocycles. The summed E-state index contributed by atoms with van der Waals surface area (Å²) in [4.78, 5) is 0. The number of nitrogens with one attached hydrogen (secondary N) is 1. The van der Waals surface area contributed by atoms with E-state index >= 15 is 0 Å². The fourth-order valence-electron chi connectivity index (χ4n) is 1.26. The van der Waals surface area contributed by atoms with Gasteiger partial charge in [0.15, 0.2) is 0 Å². The molecule has 2 nitrogen and oxygen atoms in total. The van der Waals surface area contributed by atoms with Crippen molar-refractivity contribution >= 4 is 5.84 Å². The minimum Gasteiger partial charge on any atom is -1.00 e. The van der Waals surface area contributed by atoms with Gasteiger partial charge >= 0.3 is 0 Å². The standard InChI is InChI=1S/C8H16N2.BrH/c1-3-4-5-8-9-6-7-10(8)2;/h3-7H2,1-2H3;1H. The van der Waals surface area contributed by atoms with Gasteiger partial charge in [-0.2, -0.15) is 0 Å². The van der Waals surface area contributed by atoms with Gasteiger partial charge in [-0.3, -0.25) is 9.89 Å². The average Bonchev–Trinajstić information content (AvgIpc) is 2.31. The lowest BCUT2D eigenvalue weighted by molar-refractivity contribution is -0.487.